The predicted molar refractivity (Wildman–Crippen MR) is 70.9 cm³/mol. The van der Waals surface area contributed by atoms with E-state index in [1.54, 1.807) is 11.4 Å². The van der Waals surface area contributed by atoms with Crippen LogP contribution in [-0.4, -0.2) is 30.0 Å². The Bertz CT molecular complexity index is 197. The van der Waals surface area contributed by atoms with Gasteiger partial charge in [-0.3, -0.25) is 0 Å². The van der Waals surface area contributed by atoms with Crippen molar-refractivity contribution in [2.24, 2.45) is 0 Å². The topological polar surface area (TPSA) is 18.5 Å². The Kier molecular flexibility index (Phi) is 6.45. The Balaban J connectivity index is 2.44. The number of hydrogen-bond acceptors (Lipinski definition) is 5. The minimum Gasteiger partial charge on any atom is -0.322 e. The zero-order chi connectivity index (χ0) is 10.4. The lowest BCUT2D eigenvalue weighted by atomic mass is 10.4. The zero-order valence-corrected chi connectivity index (χ0v) is 11.9. The van der Waals surface area contributed by atoms with Crippen molar-refractivity contribution in [3.8, 4) is 0 Å². The molecule has 0 aliphatic carbocycles. The molecule has 0 aromatic rings. The lowest BCUT2D eigenvalue weighted by Crippen LogP contribution is -2.02. The number of thioether (sulfide) groups is 1. The fourth-order valence-electron chi connectivity index (χ4n) is 1.19. The molecule has 0 aromatic carbocycles. The molecule has 0 saturated carbocycles. The molecule has 1 unspecified atom stereocenters. The molecule has 1 aliphatic rings. The highest BCUT2D eigenvalue weighted by Gasteiger charge is 2.27. The van der Waals surface area contributed by atoms with Gasteiger partial charge in [0.2, 0.25) is 5.69 Å². The molecule has 6 heteroatoms. The van der Waals surface area contributed by atoms with Gasteiger partial charge in [0.15, 0.2) is 0 Å². The first-order valence-electron chi connectivity index (χ1n) is 4.85. The molecule has 1 saturated heterocycles. The summed E-state index contributed by atoms with van der Waals surface area (Å²) < 4.78 is 11.2. The largest absolute Gasteiger partial charge is 0.322 e. The van der Waals surface area contributed by atoms with E-state index in [2.05, 4.69) is 0 Å². The van der Waals surface area contributed by atoms with Gasteiger partial charge in [0.05, 0.1) is 13.2 Å². The highest BCUT2D eigenvalue weighted by molar-refractivity contribution is 8.68. The predicted octanol–water partition coefficient (Wildman–Crippen LogP) is 3.52. The van der Waals surface area contributed by atoms with Crippen LogP contribution < -0.4 is 0 Å². The smallest absolute Gasteiger partial charge is 0.247 e. The van der Waals surface area contributed by atoms with E-state index in [4.69, 9.17) is 20.9 Å². The molecule has 14 heavy (non-hydrogen) atoms. The summed E-state index contributed by atoms with van der Waals surface area (Å²) in [7, 11) is 0. The first-order valence-corrected chi connectivity index (χ1v) is 10.1. The van der Waals surface area contributed by atoms with Gasteiger partial charge in [-0.15, -0.1) is 0 Å². The van der Waals surface area contributed by atoms with Crippen LogP contribution >= 0.6 is 28.8 Å². The van der Waals surface area contributed by atoms with Crippen molar-refractivity contribution in [3.05, 3.63) is 0 Å². The van der Waals surface area contributed by atoms with E-state index in [0.29, 0.717) is 18.5 Å². The highest BCUT2D eigenvalue weighted by Crippen LogP contribution is 2.63. The average molecular weight is 272 g/mol. The molecule has 0 aromatic heterocycles. The summed E-state index contributed by atoms with van der Waals surface area (Å²) in [6.07, 6.45) is 1.24. The van der Waals surface area contributed by atoms with Crippen LogP contribution in [0.3, 0.4) is 0 Å². The van der Waals surface area contributed by atoms with E-state index >= 15 is 0 Å². The van der Waals surface area contributed by atoms with Gasteiger partial charge in [-0.1, -0.05) is 11.4 Å². The molecule has 1 atom stereocenters. The molecule has 1 fully saturated rings. The summed E-state index contributed by atoms with van der Waals surface area (Å²) in [5.74, 6) is 2.45. The normalized spacial score (nSPS) is 22.9. The molecule has 1 aliphatic heterocycles. The summed E-state index contributed by atoms with van der Waals surface area (Å²) in [5, 5.41) is 0.643. The molecule has 84 valence electrons. The lowest BCUT2D eigenvalue weighted by molar-refractivity contribution is 0.280. The van der Waals surface area contributed by atoms with Crippen molar-refractivity contribution in [2.45, 2.75) is 25.5 Å². The minimum absolute atomic E-state index is 0.643. The van der Waals surface area contributed by atoms with Crippen LogP contribution in [0.2, 0.25) is 0 Å². The van der Waals surface area contributed by atoms with Crippen molar-refractivity contribution in [1.82, 2.24) is 0 Å². The van der Waals surface area contributed by atoms with Crippen molar-refractivity contribution < 1.29 is 9.05 Å². The van der Waals surface area contributed by atoms with Gasteiger partial charge in [-0.05, 0) is 37.8 Å². The molecular formula is C8H17O2PS3. The van der Waals surface area contributed by atoms with Crippen LogP contribution in [0.5, 0.6) is 0 Å². The number of rotatable bonds is 6. The van der Waals surface area contributed by atoms with E-state index in [9.17, 15) is 0 Å². The van der Waals surface area contributed by atoms with Gasteiger partial charge in [0.1, 0.15) is 0 Å². The van der Waals surface area contributed by atoms with E-state index in [-0.39, 0.29) is 0 Å². The lowest BCUT2D eigenvalue weighted by Gasteiger charge is -2.22. The van der Waals surface area contributed by atoms with Crippen LogP contribution in [-0.2, 0) is 20.9 Å². The highest BCUT2D eigenvalue weighted by atomic mass is 32.9. The SMILES string of the molecule is CCOP(=S)(OCC)SC1CCSC1. The van der Waals surface area contributed by atoms with Gasteiger partial charge in [0, 0.05) is 11.0 Å². The first-order chi connectivity index (χ1) is 6.70. The van der Waals surface area contributed by atoms with Gasteiger partial charge < -0.3 is 9.05 Å². The van der Waals surface area contributed by atoms with Crippen molar-refractivity contribution in [2.75, 3.05) is 24.7 Å². The zero-order valence-electron chi connectivity index (χ0n) is 8.60. The summed E-state index contributed by atoms with van der Waals surface area (Å²) in [6.45, 7) is 5.27. The molecule has 1 heterocycles. The second-order valence-corrected chi connectivity index (χ2v) is 10.5. The third-order valence-electron chi connectivity index (χ3n) is 1.74. The van der Waals surface area contributed by atoms with Crippen LogP contribution in [0, 0.1) is 0 Å². The molecule has 0 bridgehead atoms. The third kappa shape index (κ3) is 4.42. The number of hydrogen-bond donors (Lipinski definition) is 0. The quantitative estimate of drug-likeness (QED) is 0.687. The van der Waals surface area contributed by atoms with Crippen LogP contribution in [0.4, 0.5) is 0 Å². The van der Waals surface area contributed by atoms with Crippen LogP contribution in [0.1, 0.15) is 20.3 Å². The van der Waals surface area contributed by atoms with Gasteiger partial charge >= 0.3 is 0 Å². The van der Waals surface area contributed by atoms with E-state index in [0.717, 1.165) is 0 Å². The molecule has 2 nitrogen and oxygen atoms in total. The summed E-state index contributed by atoms with van der Waals surface area (Å²) in [4.78, 5) is 0. The van der Waals surface area contributed by atoms with Crippen LogP contribution in [0.15, 0.2) is 0 Å². The van der Waals surface area contributed by atoms with E-state index in [1.807, 2.05) is 25.6 Å². The molecule has 0 spiro atoms. The second kappa shape index (κ2) is 6.77. The summed E-state index contributed by atoms with van der Waals surface area (Å²) >= 11 is 9.22. The monoisotopic (exact) mass is 272 g/mol. The standard InChI is InChI=1S/C8H17O2PS3/c1-3-9-11(12,10-4-2)14-8-5-6-13-7-8/h8H,3-7H2,1-2H3. The maximum Gasteiger partial charge on any atom is 0.247 e. The molecular weight excluding hydrogens is 255 g/mol. The second-order valence-electron chi connectivity index (χ2n) is 2.87. The van der Waals surface area contributed by atoms with Crippen molar-refractivity contribution in [3.63, 3.8) is 0 Å². The van der Waals surface area contributed by atoms with E-state index in [1.165, 1.54) is 17.9 Å². The fraction of sp³-hybridized carbons (Fsp3) is 1.00. The molecule has 0 amide bonds. The Morgan fingerprint density at radius 2 is 2.07 bits per heavy atom. The minimum atomic E-state index is -2.03. The van der Waals surface area contributed by atoms with Gasteiger partial charge in [0.25, 0.3) is 0 Å². The van der Waals surface area contributed by atoms with Crippen LogP contribution in [0.25, 0.3) is 0 Å². The van der Waals surface area contributed by atoms with E-state index < -0.39 is 5.69 Å². The van der Waals surface area contributed by atoms with Gasteiger partial charge in [-0.2, -0.15) is 11.8 Å². The average Bonchev–Trinajstić information content (AvgIpc) is 2.57. The van der Waals surface area contributed by atoms with Crippen molar-refractivity contribution >= 4 is 40.6 Å². The first kappa shape index (κ1) is 13.3. The Morgan fingerprint density at radius 1 is 1.43 bits per heavy atom. The maximum absolute atomic E-state index is 5.59. The molecule has 0 radical (unpaired) electrons. The van der Waals surface area contributed by atoms with Crippen molar-refractivity contribution in [1.29, 1.82) is 0 Å². The molecule has 1 rings (SSSR count). The molecule has 0 N–H and O–H groups in total. The van der Waals surface area contributed by atoms with Gasteiger partial charge in [-0.25, -0.2) is 0 Å². The maximum atomic E-state index is 5.59. The summed E-state index contributed by atoms with van der Waals surface area (Å²) in [5.41, 5.74) is -2.03. The Labute approximate surface area is 99.8 Å². The fourth-order valence-corrected chi connectivity index (χ4v) is 9.02. The summed E-state index contributed by atoms with van der Waals surface area (Å²) in [6, 6.07) is 0. The Hall–Kier alpha value is 1.27. The third-order valence-corrected chi connectivity index (χ3v) is 8.93. The Morgan fingerprint density at radius 3 is 2.50 bits per heavy atom.